The topological polar surface area (TPSA) is 125 Å². The van der Waals surface area contributed by atoms with E-state index in [1.807, 2.05) is 25.1 Å². The van der Waals surface area contributed by atoms with Crippen LogP contribution in [0.25, 0.3) is 0 Å². The predicted octanol–water partition coefficient (Wildman–Crippen LogP) is 4.68. The number of methoxy groups -OCH3 is 1. The van der Waals surface area contributed by atoms with Gasteiger partial charge in [0, 0.05) is 36.2 Å². The van der Waals surface area contributed by atoms with E-state index in [1.54, 1.807) is 38.6 Å². The van der Waals surface area contributed by atoms with Crippen molar-refractivity contribution in [2.24, 2.45) is 10.9 Å². The van der Waals surface area contributed by atoms with Crippen LogP contribution in [-0.2, 0) is 0 Å². The van der Waals surface area contributed by atoms with Crippen LogP contribution in [0.2, 0.25) is 0 Å². The molecule has 0 bridgehead atoms. The minimum absolute atomic E-state index is 0.0379. The molecule has 2 aromatic heterocycles. The van der Waals surface area contributed by atoms with Gasteiger partial charge in [0.1, 0.15) is 18.0 Å². The Labute approximate surface area is 191 Å². The van der Waals surface area contributed by atoms with Crippen molar-refractivity contribution >= 4 is 40.8 Å². The van der Waals surface area contributed by atoms with Gasteiger partial charge in [0.25, 0.3) is 0 Å². The lowest BCUT2D eigenvalue weighted by Crippen LogP contribution is -2.09. The second-order valence-electron chi connectivity index (χ2n) is 7.67. The first-order valence-electron chi connectivity index (χ1n) is 10.6. The number of nitrogens with one attached hydrogen (secondary N) is 3. The van der Waals surface area contributed by atoms with Gasteiger partial charge >= 0.3 is 0 Å². The Kier molecular flexibility index (Phi) is 6.39. The second kappa shape index (κ2) is 9.56. The number of benzene rings is 1. The summed E-state index contributed by atoms with van der Waals surface area (Å²) < 4.78 is 5.61. The predicted molar refractivity (Wildman–Crippen MR) is 129 cm³/mol. The van der Waals surface area contributed by atoms with E-state index in [1.165, 1.54) is 6.33 Å². The second-order valence-corrected chi connectivity index (χ2v) is 7.67. The van der Waals surface area contributed by atoms with Crippen LogP contribution in [0.1, 0.15) is 41.4 Å². The van der Waals surface area contributed by atoms with Crippen LogP contribution in [-0.4, -0.2) is 39.9 Å². The Morgan fingerprint density at radius 1 is 1.12 bits per heavy atom. The summed E-state index contributed by atoms with van der Waals surface area (Å²) in [5, 5.41) is 14.7. The van der Waals surface area contributed by atoms with Gasteiger partial charge in [0.05, 0.1) is 29.6 Å². The number of carbonyl (C=O) groups is 1. The summed E-state index contributed by atoms with van der Waals surface area (Å²) in [5.74, 6) is 1.79. The van der Waals surface area contributed by atoms with Crippen molar-refractivity contribution < 1.29 is 9.53 Å². The van der Waals surface area contributed by atoms with Crippen molar-refractivity contribution in [1.29, 1.82) is 5.41 Å². The molecular formula is C24H25N7O2. The molecule has 2 heterocycles. The number of nitrogens with zero attached hydrogens (tertiary/aromatic N) is 4. The number of rotatable bonds is 8. The number of amidine groups is 1. The fourth-order valence-corrected chi connectivity index (χ4v) is 3.43. The van der Waals surface area contributed by atoms with E-state index >= 15 is 0 Å². The number of ether oxygens (including phenoxy) is 1. The Bertz CT molecular complexity index is 1240. The molecule has 0 spiro atoms. The highest BCUT2D eigenvalue weighted by atomic mass is 16.5. The molecule has 1 fully saturated rings. The van der Waals surface area contributed by atoms with Crippen molar-refractivity contribution in [3.8, 4) is 5.75 Å². The molecule has 9 heteroatoms. The van der Waals surface area contributed by atoms with Gasteiger partial charge in [-0.25, -0.2) is 19.9 Å². The average molecular weight is 444 g/mol. The first-order valence-corrected chi connectivity index (χ1v) is 10.6. The molecule has 9 nitrogen and oxygen atoms in total. The Balaban J connectivity index is 1.73. The minimum Gasteiger partial charge on any atom is -0.494 e. The van der Waals surface area contributed by atoms with Crippen LogP contribution < -0.4 is 15.4 Å². The molecule has 4 rings (SSSR count). The number of anilines is 4. The fraction of sp³-hybridized carbons (Fsp3) is 0.250. The van der Waals surface area contributed by atoms with E-state index in [0.717, 1.165) is 18.5 Å². The van der Waals surface area contributed by atoms with Gasteiger partial charge in [-0.1, -0.05) is 6.07 Å². The van der Waals surface area contributed by atoms with Crippen molar-refractivity contribution in [1.82, 2.24) is 15.0 Å². The van der Waals surface area contributed by atoms with Crippen LogP contribution in [0.3, 0.4) is 0 Å². The molecule has 1 aromatic carbocycles. The van der Waals surface area contributed by atoms with Gasteiger partial charge in [-0.3, -0.25) is 10.2 Å². The zero-order valence-corrected chi connectivity index (χ0v) is 18.7. The number of hydrogen-bond donors (Lipinski definition) is 3. The molecule has 0 aliphatic heterocycles. The van der Waals surface area contributed by atoms with Crippen LogP contribution >= 0.6 is 0 Å². The highest BCUT2D eigenvalue weighted by Crippen LogP contribution is 2.38. The molecular weight excluding hydrogens is 418 g/mol. The number of aromatic nitrogens is 3. The Morgan fingerprint density at radius 2 is 1.91 bits per heavy atom. The normalized spacial score (nSPS) is 13.1. The SMILES string of the molecule is CC=NC(=N)c1cccc(Nc2cc(Nc3cc(C)ncn3)ncc2C(=O)C2CC2)c1OC. The molecule has 0 amide bonds. The minimum atomic E-state index is 0.0379. The lowest BCUT2D eigenvalue weighted by molar-refractivity contribution is 0.0968. The van der Waals surface area contributed by atoms with Crippen LogP contribution in [0, 0.1) is 18.3 Å². The Hall–Kier alpha value is -4.14. The summed E-state index contributed by atoms with van der Waals surface area (Å²) in [6.07, 6.45) is 6.40. The molecule has 3 aromatic rings. The van der Waals surface area contributed by atoms with E-state index in [9.17, 15) is 4.79 Å². The molecule has 0 unspecified atom stereocenters. The molecule has 0 saturated heterocycles. The smallest absolute Gasteiger partial charge is 0.169 e. The van der Waals surface area contributed by atoms with Crippen LogP contribution in [0.4, 0.5) is 23.0 Å². The average Bonchev–Trinajstić information content (AvgIpc) is 3.64. The van der Waals surface area contributed by atoms with E-state index in [0.29, 0.717) is 39.9 Å². The zero-order chi connectivity index (χ0) is 23.4. The van der Waals surface area contributed by atoms with Gasteiger partial charge in [-0.05, 0) is 38.8 Å². The van der Waals surface area contributed by atoms with Gasteiger partial charge < -0.3 is 15.4 Å². The van der Waals surface area contributed by atoms with E-state index in [-0.39, 0.29) is 17.5 Å². The molecule has 168 valence electrons. The highest BCUT2D eigenvalue weighted by Gasteiger charge is 2.32. The van der Waals surface area contributed by atoms with E-state index < -0.39 is 0 Å². The number of para-hydroxylation sites is 1. The van der Waals surface area contributed by atoms with Gasteiger partial charge in [0.15, 0.2) is 17.4 Å². The van der Waals surface area contributed by atoms with Gasteiger partial charge in [0.2, 0.25) is 0 Å². The number of aliphatic imine (C=N–C) groups is 1. The third-order valence-electron chi connectivity index (χ3n) is 5.18. The molecule has 0 radical (unpaired) electrons. The first kappa shape index (κ1) is 22.1. The third-order valence-corrected chi connectivity index (χ3v) is 5.18. The molecule has 0 atom stereocenters. The molecule has 1 aliphatic carbocycles. The highest BCUT2D eigenvalue weighted by molar-refractivity contribution is 6.06. The standard InChI is InChI=1S/C24H25N7O2/c1-4-26-24(25)16-6-5-7-18(23(16)33-3)30-19-11-21(31-20-10-14(2)28-13-29-20)27-12-17(19)22(32)15-8-9-15/h4-7,10-13,15,25H,8-9H2,1-3H3,(H2,27,28,29,30,31). The van der Waals surface area contributed by atoms with Crippen LogP contribution in [0.5, 0.6) is 5.75 Å². The summed E-state index contributed by atoms with van der Waals surface area (Å²) in [5.41, 5.74) is 3.09. The maximum Gasteiger partial charge on any atom is 0.169 e. The summed E-state index contributed by atoms with van der Waals surface area (Å²) in [4.78, 5) is 29.8. The molecule has 1 aliphatic rings. The zero-order valence-electron chi connectivity index (χ0n) is 18.7. The molecule has 3 N–H and O–H groups in total. The quantitative estimate of drug-likeness (QED) is 0.262. The van der Waals surface area contributed by atoms with Crippen molar-refractivity contribution in [3.05, 3.63) is 59.7 Å². The van der Waals surface area contributed by atoms with Gasteiger partial charge in [-0.15, -0.1) is 0 Å². The Morgan fingerprint density at radius 3 is 2.61 bits per heavy atom. The third kappa shape index (κ3) is 5.03. The lowest BCUT2D eigenvalue weighted by atomic mass is 10.1. The fourth-order valence-electron chi connectivity index (χ4n) is 3.43. The molecule has 1 saturated carbocycles. The number of ketones is 1. The number of hydrogen-bond acceptors (Lipinski definition) is 8. The summed E-state index contributed by atoms with van der Waals surface area (Å²) in [7, 11) is 1.54. The van der Waals surface area contributed by atoms with Crippen molar-refractivity contribution in [3.63, 3.8) is 0 Å². The van der Waals surface area contributed by atoms with Crippen molar-refractivity contribution in [2.45, 2.75) is 26.7 Å². The number of pyridine rings is 1. The largest absolute Gasteiger partial charge is 0.494 e. The monoisotopic (exact) mass is 443 g/mol. The summed E-state index contributed by atoms with van der Waals surface area (Å²) >= 11 is 0. The van der Waals surface area contributed by atoms with E-state index in [2.05, 4.69) is 30.6 Å². The first-order chi connectivity index (χ1) is 16.0. The van der Waals surface area contributed by atoms with Crippen LogP contribution in [0.15, 0.2) is 47.8 Å². The maximum atomic E-state index is 12.9. The van der Waals surface area contributed by atoms with Crippen molar-refractivity contribution in [2.75, 3.05) is 17.7 Å². The number of aryl methyl sites for hydroxylation is 1. The lowest BCUT2D eigenvalue weighted by Gasteiger charge is -2.17. The van der Waals surface area contributed by atoms with Gasteiger partial charge in [-0.2, -0.15) is 0 Å². The number of Topliss-reactive ketones (excluding diaryl/α,β-unsaturated/α-hetero) is 1. The maximum absolute atomic E-state index is 12.9. The number of carbonyl (C=O) groups excluding carboxylic acids is 1. The van der Waals surface area contributed by atoms with E-state index in [4.69, 9.17) is 10.1 Å². The summed E-state index contributed by atoms with van der Waals surface area (Å²) in [6, 6.07) is 9.00. The summed E-state index contributed by atoms with van der Waals surface area (Å²) in [6.45, 7) is 3.63. The molecule has 33 heavy (non-hydrogen) atoms.